The second kappa shape index (κ2) is 4.26. The Morgan fingerprint density at radius 3 is 2.67 bits per heavy atom. The van der Waals surface area contributed by atoms with Crippen molar-refractivity contribution in [3.63, 3.8) is 0 Å². The number of hydrogen-bond donors (Lipinski definition) is 3. The molecule has 15 heavy (non-hydrogen) atoms. The Kier molecular flexibility index (Phi) is 3.25. The van der Waals surface area contributed by atoms with Crippen molar-refractivity contribution in [3.8, 4) is 0 Å². The van der Waals surface area contributed by atoms with E-state index in [4.69, 9.17) is 10.8 Å². The predicted molar refractivity (Wildman–Crippen MR) is 57.9 cm³/mol. The molecular weight excluding hydrogens is 218 g/mol. The third-order valence-electron chi connectivity index (χ3n) is 2.00. The number of carboxylic acid groups (broad SMARTS) is 1. The third kappa shape index (κ3) is 2.44. The molecule has 0 aliphatic heterocycles. The first kappa shape index (κ1) is 11.4. The van der Waals surface area contributed by atoms with E-state index >= 15 is 0 Å². The van der Waals surface area contributed by atoms with Crippen LogP contribution in [0.2, 0.25) is 0 Å². The summed E-state index contributed by atoms with van der Waals surface area (Å²) in [6.45, 7) is 1.67. The van der Waals surface area contributed by atoms with Crippen LogP contribution in [-0.2, 0) is 11.2 Å². The monoisotopic (exact) mass is 229 g/mol. The maximum atomic E-state index is 11.6. The van der Waals surface area contributed by atoms with E-state index in [1.807, 2.05) is 0 Å². The van der Waals surface area contributed by atoms with Crippen molar-refractivity contribution in [2.75, 3.05) is 0 Å². The van der Waals surface area contributed by atoms with E-state index in [2.05, 4.69) is 17.3 Å². The standard InChI is InChI=1S/C8H11N3O3S/c1-4-5(2-3-6(12)13)7(14)11(10-4)8(9)15/h10H,2-3H2,1H3,(H2,9,15)(H,12,13). The maximum Gasteiger partial charge on any atom is 0.303 e. The molecule has 82 valence electrons. The van der Waals surface area contributed by atoms with Gasteiger partial charge in [-0.1, -0.05) is 0 Å². The van der Waals surface area contributed by atoms with Crippen LogP contribution in [0.5, 0.6) is 0 Å². The Morgan fingerprint density at radius 2 is 2.27 bits per heavy atom. The number of hydrogen-bond acceptors (Lipinski definition) is 3. The van der Waals surface area contributed by atoms with Crippen molar-refractivity contribution in [2.45, 2.75) is 19.8 Å². The molecule has 0 aliphatic rings. The molecule has 6 nitrogen and oxygen atoms in total. The molecular formula is C8H11N3O3S. The number of aromatic nitrogens is 2. The molecule has 0 radical (unpaired) electrons. The molecule has 1 aromatic heterocycles. The minimum Gasteiger partial charge on any atom is -0.481 e. The largest absolute Gasteiger partial charge is 0.481 e. The summed E-state index contributed by atoms with van der Waals surface area (Å²) in [5.41, 5.74) is 5.93. The lowest BCUT2D eigenvalue weighted by molar-refractivity contribution is -0.136. The van der Waals surface area contributed by atoms with Crippen LogP contribution in [0.15, 0.2) is 4.79 Å². The highest BCUT2D eigenvalue weighted by Gasteiger charge is 2.13. The Bertz CT molecular complexity index is 460. The van der Waals surface area contributed by atoms with E-state index in [0.29, 0.717) is 11.3 Å². The fourth-order valence-electron chi connectivity index (χ4n) is 1.26. The van der Waals surface area contributed by atoms with Gasteiger partial charge < -0.3 is 10.8 Å². The molecule has 4 N–H and O–H groups in total. The summed E-state index contributed by atoms with van der Waals surface area (Å²) in [7, 11) is 0. The molecule has 1 heterocycles. The van der Waals surface area contributed by atoms with Crippen LogP contribution in [0, 0.1) is 6.92 Å². The number of rotatable bonds is 3. The van der Waals surface area contributed by atoms with E-state index in [-0.39, 0.29) is 23.5 Å². The van der Waals surface area contributed by atoms with Gasteiger partial charge in [0.15, 0.2) is 5.11 Å². The summed E-state index contributed by atoms with van der Waals surface area (Å²) in [4.78, 5) is 22.0. The molecule has 0 amide bonds. The number of carboxylic acids is 1. The van der Waals surface area contributed by atoms with E-state index < -0.39 is 5.97 Å². The van der Waals surface area contributed by atoms with Gasteiger partial charge in [0.2, 0.25) is 0 Å². The van der Waals surface area contributed by atoms with Crippen LogP contribution >= 0.6 is 12.2 Å². The molecule has 1 rings (SSSR count). The second-order valence-corrected chi connectivity index (χ2v) is 3.51. The third-order valence-corrected chi connectivity index (χ3v) is 2.19. The zero-order chi connectivity index (χ0) is 11.6. The van der Waals surface area contributed by atoms with Gasteiger partial charge in [-0.2, -0.15) is 4.68 Å². The van der Waals surface area contributed by atoms with Gasteiger partial charge in [-0.25, -0.2) is 0 Å². The molecule has 0 aromatic carbocycles. The van der Waals surface area contributed by atoms with Crippen LogP contribution in [0.3, 0.4) is 0 Å². The van der Waals surface area contributed by atoms with Crippen molar-refractivity contribution in [3.05, 3.63) is 21.6 Å². The van der Waals surface area contributed by atoms with Crippen LogP contribution in [0.25, 0.3) is 0 Å². The Morgan fingerprint density at radius 1 is 1.67 bits per heavy atom. The Labute approximate surface area is 90.7 Å². The van der Waals surface area contributed by atoms with Crippen molar-refractivity contribution < 1.29 is 9.90 Å². The fourth-order valence-corrected chi connectivity index (χ4v) is 1.39. The number of aliphatic carboxylic acids is 1. The SMILES string of the molecule is Cc1[nH]n(C(N)=S)c(=O)c1CCC(=O)O. The minimum atomic E-state index is -0.947. The molecule has 0 fully saturated rings. The van der Waals surface area contributed by atoms with Crippen molar-refractivity contribution in [1.29, 1.82) is 0 Å². The Balaban J connectivity index is 3.03. The van der Waals surface area contributed by atoms with Crippen molar-refractivity contribution in [2.24, 2.45) is 5.73 Å². The average Bonchev–Trinajstić information content (AvgIpc) is 2.39. The van der Waals surface area contributed by atoms with Gasteiger partial charge in [0, 0.05) is 17.7 Å². The van der Waals surface area contributed by atoms with Gasteiger partial charge in [-0.3, -0.25) is 14.7 Å². The highest BCUT2D eigenvalue weighted by atomic mass is 32.1. The first-order valence-electron chi connectivity index (χ1n) is 4.25. The number of carbonyl (C=O) groups is 1. The van der Waals surface area contributed by atoms with E-state index in [0.717, 1.165) is 4.68 Å². The summed E-state index contributed by atoms with van der Waals surface area (Å²) in [6, 6.07) is 0. The van der Waals surface area contributed by atoms with Crippen LogP contribution in [0.1, 0.15) is 17.7 Å². The van der Waals surface area contributed by atoms with Crippen LogP contribution < -0.4 is 11.3 Å². The maximum absolute atomic E-state index is 11.6. The number of nitrogens with two attached hydrogens (primary N) is 1. The lowest BCUT2D eigenvalue weighted by Crippen LogP contribution is -2.31. The second-order valence-electron chi connectivity index (χ2n) is 3.09. The quantitative estimate of drug-likeness (QED) is 0.612. The number of H-pyrrole nitrogens is 1. The predicted octanol–water partition coefficient (Wildman–Crippen LogP) is -0.406. The lowest BCUT2D eigenvalue weighted by Gasteiger charge is -1.93. The first-order chi connectivity index (χ1) is 6.93. The molecule has 0 unspecified atom stereocenters. The number of nitrogens with one attached hydrogen (secondary N) is 1. The van der Waals surface area contributed by atoms with Gasteiger partial charge in [0.1, 0.15) is 0 Å². The van der Waals surface area contributed by atoms with Crippen molar-refractivity contribution in [1.82, 2.24) is 9.78 Å². The van der Waals surface area contributed by atoms with Gasteiger partial charge in [0.25, 0.3) is 5.56 Å². The van der Waals surface area contributed by atoms with Crippen LogP contribution in [0.4, 0.5) is 0 Å². The lowest BCUT2D eigenvalue weighted by atomic mass is 10.1. The number of aryl methyl sites for hydroxylation is 1. The molecule has 0 saturated heterocycles. The van der Waals surface area contributed by atoms with Crippen LogP contribution in [-0.4, -0.2) is 26.0 Å². The topological polar surface area (TPSA) is 101 Å². The van der Waals surface area contributed by atoms with Gasteiger partial charge in [-0.15, -0.1) is 0 Å². The first-order valence-corrected chi connectivity index (χ1v) is 4.66. The summed E-state index contributed by atoms with van der Waals surface area (Å²) < 4.78 is 1.03. The number of aromatic amines is 1. The zero-order valence-electron chi connectivity index (χ0n) is 8.11. The smallest absolute Gasteiger partial charge is 0.303 e. The van der Waals surface area contributed by atoms with E-state index in [9.17, 15) is 9.59 Å². The van der Waals surface area contributed by atoms with E-state index in [1.165, 1.54) is 0 Å². The van der Waals surface area contributed by atoms with Gasteiger partial charge >= 0.3 is 5.97 Å². The Hall–Kier alpha value is -1.63. The normalized spacial score (nSPS) is 10.2. The highest BCUT2D eigenvalue weighted by molar-refractivity contribution is 7.80. The molecule has 0 bridgehead atoms. The molecule has 0 aliphatic carbocycles. The summed E-state index contributed by atoms with van der Waals surface area (Å²) in [6.07, 6.45) is 0.0807. The van der Waals surface area contributed by atoms with Gasteiger partial charge in [-0.05, 0) is 25.6 Å². The average molecular weight is 229 g/mol. The molecule has 7 heteroatoms. The molecule has 0 atom stereocenters. The molecule has 0 spiro atoms. The molecule has 1 aromatic rings. The number of nitrogens with zero attached hydrogens (tertiary/aromatic N) is 1. The summed E-state index contributed by atoms with van der Waals surface area (Å²) in [5, 5.41) is 11.1. The molecule has 0 saturated carbocycles. The van der Waals surface area contributed by atoms with Gasteiger partial charge in [0.05, 0.1) is 0 Å². The van der Waals surface area contributed by atoms with Crippen molar-refractivity contribution >= 4 is 23.3 Å². The minimum absolute atomic E-state index is 0.0790. The summed E-state index contributed by atoms with van der Waals surface area (Å²) >= 11 is 4.65. The fraction of sp³-hybridized carbons (Fsp3) is 0.375. The summed E-state index contributed by atoms with van der Waals surface area (Å²) in [5.74, 6) is -0.947. The zero-order valence-corrected chi connectivity index (χ0v) is 8.93. The highest BCUT2D eigenvalue weighted by Crippen LogP contribution is 2.02. The number of thiocarbonyl (C=S) groups is 1. The van der Waals surface area contributed by atoms with E-state index in [1.54, 1.807) is 6.92 Å².